The Morgan fingerprint density at radius 2 is 1.81 bits per heavy atom. The minimum absolute atomic E-state index is 0.126. The van der Waals surface area contributed by atoms with Crippen molar-refractivity contribution in [3.05, 3.63) is 23.3 Å². The molecule has 6 nitrogen and oxygen atoms in total. The standard InChI is InChI=1S/C20H30N2O4S/c1-14-12-19(15(2)11-18(14)26-3)27(24,25)21-17-9-10-22(13-17)20(23)16-7-5-4-6-8-16/h11-12,16-17,21H,4-10,13H2,1-3H3. The first-order valence-corrected chi connectivity index (χ1v) is 11.3. The van der Waals surface area contributed by atoms with Gasteiger partial charge in [0.1, 0.15) is 5.75 Å². The van der Waals surface area contributed by atoms with Crippen molar-refractivity contribution in [2.24, 2.45) is 5.92 Å². The summed E-state index contributed by atoms with van der Waals surface area (Å²) in [5.74, 6) is 1.00. The first kappa shape index (κ1) is 20.1. The van der Waals surface area contributed by atoms with E-state index in [0.29, 0.717) is 30.8 Å². The molecule has 0 radical (unpaired) electrons. The van der Waals surface area contributed by atoms with Crippen molar-refractivity contribution in [3.63, 3.8) is 0 Å². The predicted octanol–water partition coefficient (Wildman–Crippen LogP) is 2.77. The molecule has 3 rings (SSSR count). The van der Waals surface area contributed by atoms with Gasteiger partial charge in [0.2, 0.25) is 15.9 Å². The molecule has 2 aliphatic rings. The van der Waals surface area contributed by atoms with Crippen molar-refractivity contribution in [3.8, 4) is 5.75 Å². The fourth-order valence-corrected chi connectivity index (χ4v) is 5.79. The number of hydrogen-bond donors (Lipinski definition) is 1. The van der Waals surface area contributed by atoms with Crippen molar-refractivity contribution in [1.29, 1.82) is 0 Å². The predicted molar refractivity (Wildman–Crippen MR) is 104 cm³/mol. The molecule has 1 aliphatic heterocycles. The lowest BCUT2D eigenvalue weighted by molar-refractivity contribution is -0.135. The molecule has 1 aromatic rings. The van der Waals surface area contributed by atoms with E-state index in [0.717, 1.165) is 31.2 Å². The van der Waals surface area contributed by atoms with Gasteiger partial charge in [-0.25, -0.2) is 13.1 Å². The average molecular weight is 395 g/mol. The zero-order valence-electron chi connectivity index (χ0n) is 16.5. The minimum atomic E-state index is -3.64. The Bertz CT molecular complexity index is 800. The summed E-state index contributed by atoms with van der Waals surface area (Å²) in [5, 5.41) is 0. The van der Waals surface area contributed by atoms with Crippen LogP contribution in [0.1, 0.15) is 49.7 Å². The highest BCUT2D eigenvalue weighted by Gasteiger charge is 2.33. The number of nitrogens with one attached hydrogen (secondary N) is 1. The van der Waals surface area contributed by atoms with Gasteiger partial charge >= 0.3 is 0 Å². The first-order valence-electron chi connectivity index (χ1n) is 9.78. The molecule has 0 spiro atoms. The van der Waals surface area contributed by atoms with Crippen LogP contribution in [0.15, 0.2) is 17.0 Å². The smallest absolute Gasteiger partial charge is 0.241 e. The van der Waals surface area contributed by atoms with Gasteiger partial charge in [-0.05, 0) is 56.4 Å². The molecule has 7 heteroatoms. The van der Waals surface area contributed by atoms with Crippen LogP contribution in [0.4, 0.5) is 0 Å². The van der Waals surface area contributed by atoms with Crippen molar-refractivity contribution in [1.82, 2.24) is 9.62 Å². The van der Waals surface area contributed by atoms with E-state index in [4.69, 9.17) is 4.74 Å². The number of likely N-dealkylation sites (tertiary alicyclic amines) is 1. The number of hydrogen-bond acceptors (Lipinski definition) is 4. The van der Waals surface area contributed by atoms with Gasteiger partial charge in [0.15, 0.2) is 0 Å². The van der Waals surface area contributed by atoms with Gasteiger partial charge in [-0.3, -0.25) is 4.79 Å². The molecule has 2 fully saturated rings. The van der Waals surface area contributed by atoms with Crippen molar-refractivity contribution < 1.29 is 17.9 Å². The van der Waals surface area contributed by atoms with Crippen LogP contribution in [0.3, 0.4) is 0 Å². The summed E-state index contributed by atoms with van der Waals surface area (Å²) in [7, 11) is -2.07. The maximum atomic E-state index is 12.9. The highest BCUT2D eigenvalue weighted by molar-refractivity contribution is 7.89. The highest BCUT2D eigenvalue weighted by Crippen LogP contribution is 2.28. The zero-order chi connectivity index (χ0) is 19.6. The van der Waals surface area contributed by atoms with Gasteiger partial charge in [-0.1, -0.05) is 19.3 Å². The van der Waals surface area contributed by atoms with Crippen LogP contribution in [0.2, 0.25) is 0 Å². The van der Waals surface area contributed by atoms with Gasteiger partial charge in [0.05, 0.1) is 12.0 Å². The number of benzene rings is 1. The Labute approximate surface area is 162 Å². The molecule has 1 atom stereocenters. The van der Waals surface area contributed by atoms with Crippen molar-refractivity contribution in [2.45, 2.75) is 63.3 Å². The van der Waals surface area contributed by atoms with Gasteiger partial charge in [0.25, 0.3) is 0 Å². The van der Waals surface area contributed by atoms with Crippen molar-refractivity contribution >= 4 is 15.9 Å². The molecule has 1 heterocycles. The van der Waals surface area contributed by atoms with Crippen LogP contribution in [0.25, 0.3) is 0 Å². The number of nitrogens with zero attached hydrogens (tertiary/aromatic N) is 1. The fourth-order valence-electron chi connectivity index (χ4n) is 4.22. The van der Waals surface area contributed by atoms with Crippen LogP contribution in [-0.2, 0) is 14.8 Å². The average Bonchev–Trinajstić information content (AvgIpc) is 3.10. The molecule has 1 N–H and O–H groups in total. The number of amides is 1. The highest BCUT2D eigenvalue weighted by atomic mass is 32.2. The van der Waals surface area contributed by atoms with Crippen LogP contribution >= 0.6 is 0 Å². The summed E-state index contributed by atoms with van der Waals surface area (Å²) in [4.78, 5) is 14.8. The first-order chi connectivity index (χ1) is 12.8. The monoisotopic (exact) mass is 394 g/mol. The molecule has 0 bridgehead atoms. The van der Waals surface area contributed by atoms with Gasteiger partial charge in [-0.15, -0.1) is 0 Å². The molecule has 0 aromatic heterocycles. The second-order valence-electron chi connectivity index (χ2n) is 7.81. The number of methoxy groups -OCH3 is 1. The molecule has 1 amide bonds. The molecule has 1 saturated carbocycles. The molecule has 1 aromatic carbocycles. The number of sulfonamides is 1. The molecule has 1 aliphatic carbocycles. The Balaban J connectivity index is 1.67. The Kier molecular flexibility index (Phi) is 6.11. The van der Waals surface area contributed by atoms with Crippen LogP contribution in [0.5, 0.6) is 5.75 Å². The second kappa shape index (κ2) is 8.19. The van der Waals surface area contributed by atoms with E-state index in [-0.39, 0.29) is 22.8 Å². The molecule has 1 unspecified atom stereocenters. The number of carbonyl (C=O) groups is 1. The number of carbonyl (C=O) groups excluding carboxylic acids is 1. The molecular weight excluding hydrogens is 364 g/mol. The Morgan fingerprint density at radius 3 is 2.48 bits per heavy atom. The van der Waals surface area contributed by atoms with Gasteiger partial charge in [0, 0.05) is 25.0 Å². The van der Waals surface area contributed by atoms with E-state index >= 15 is 0 Å². The zero-order valence-corrected chi connectivity index (χ0v) is 17.3. The van der Waals surface area contributed by atoms with E-state index < -0.39 is 10.0 Å². The molecule has 27 heavy (non-hydrogen) atoms. The molecule has 150 valence electrons. The SMILES string of the molecule is COc1cc(C)c(S(=O)(=O)NC2CCN(C(=O)C3CCCCC3)C2)cc1C. The summed E-state index contributed by atoms with van der Waals surface area (Å²) >= 11 is 0. The lowest BCUT2D eigenvalue weighted by Gasteiger charge is -2.26. The number of rotatable bonds is 5. The summed E-state index contributed by atoms with van der Waals surface area (Å²) in [6.45, 7) is 4.69. The lowest BCUT2D eigenvalue weighted by Crippen LogP contribution is -2.40. The topological polar surface area (TPSA) is 75.7 Å². The van der Waals surface area contributed by atoms with E-state index in [2.05, 4.69) is 4.72 Å². The lowest BCUT2D eigenvalue weighted by atomic mass is 9.88. The van der Waals surface area contributed by atoms with Crippen LogP contribution in [-0.4, -0.2) is 45.5 Å². The third kappa shape index (κ3) is 4.46. The summed E-state index contributed by atoms with van der Waals surface area (Å²) < 4.78 is 33.8. The maximum absolute atomic E-state index is 12.9. The molecular formula is C20H30N2O4S. The summed E-state index contributed by atoms with van der Waals surface area (Å²) in [6.07, 6.45) is 6.05. The maximum Gasteiger partial charge on any atom is 0.241 e. The van der Waals surface area contributed by atoms with E-state index in [9.17, 15) is 13.2 Å². The summed E-state index contributed by atoms with van der Waals surface area (Å²) in [6, 6.07) is 3.16. The van der Waals surface area contributed by atoms with E-state index in [1.165, 1.54) is 6.42 Å². The van der Waals surface area contributed by atoms with Gasteiger partial charge < -0.3 is 9.64 Å². The third-order valence-corrected chi connectivity index (χ3v) is 7.42. The fraction of sp³-hybridized carbons (Fsp3) is 0.650. The van der Waals surface area contributed by atoms with E-state index in [1.807, 2.05) is 11.8 Å². The second-order valence-corrected chi connectivity index (χ2v) is 9.50. The van der Waals surface area contributed by atoms with Crippen LogP contribution < -0.4 is 9.46 Å². The van der Waals surface area contributed by atoms with E-state index in [1.54, 1.807) is 26.2 Å². The number of ether oxygens (including phenoxy) is 1. The third-order valence-electron chi connectivity index (χ3n) is 5.76. The molecule has 1 saturated heterocycles. The normalized spacial score (nSPS) is 21.4. The minimum Gasteiger partial charge on any atom is -0.496 e. The Hall–Kier alpha value is -1.60. The Morgan fingerprint density at radius 1 is 1.11 bits per heavy atom. The van der Waals surface area contributed by atoms with Gasteiger partial charge in [-0.2, -0.15) is 0 Å². The van der Waals surface area contributed by atoms with Crippen LogP contribution in [0, 0.1) is 19.8 Å². The van der Waals surface area contributed by atoms with Crippen molar-refractivity contribution in [2.75, 3.05) is 20.2 Å². The quantitative estimate of drug-likeness (QED) is 0.833. The number of aryl methyl sites for hydroxylation is 2. The largest absolute Gasteiger partial charge is 0.496 e. The summed E-state index contributed by atoms with van der Waals surface area (Å²) in [5.41, 5.74) is 1.43.